The zero-order valence-corrected chi connectivity index (χ0v) is 20.0. The maximum atomic E-state index is 13.1. The minimum Gasteiger partial charge on any atom is -0.490 e. The molecule has 1 aliphatic heterocycles. The number of nitriles is 1. The van der Waals surface area contributed by atoms with Crippen LogP contribution in [-0.2, 0) is 11.2 Å². The Morgan fingerprint density at radius 3 is 2.49 bits per heavy atom. The lowest BCUT2D eigenvalue weighted by molar-refractivity contribution is -0.114. The van der Waals surface area contributed by atoms with E-state index in [1.54, 1.807) is 23.1 Å². The summed E-state index contributed by atoms with van der Waals surface area (Å²) in [6.45, 7) is 5.65. The van der Waals surface area contributed by atoms with Crippen LogP contribution in [0.3, 0.4) is 0 Å². The van der Waals surface area contributed by atoms with Gasteiger partial charge in [-0.1, -0.05) is 42.5 Å². The molecular formula is C29H28N2O4. The second kappa shape index (κ2) is 11.3. The van der Waals surface area contributed by atoms with E-state index >= 15 is 0 Å². The molecule has 0 radical (unpaired) electrons. The van der Waals surface area contributed by atoms with Crippen LogP contribution in [0.2, 0.25) is 0 Å². The van der Waals surface area contributed by atoms with Crippen molar-refractivity contribution >= 4 is 17.7 Å². The van der Waals surface area contributed by atoms with Crippen LogP contribution in [0.15, 0.2) is 72.3 Å². The van der Waals surface area contributed by atoms with E-state index in [2.05, 4.69) is 6.07 Å². The molecule has 3 aromatic rings. The van der Waals surface area contributed by atoms with Gasteiger partial charge in [0.25, 0.3) is 5.91 Å². The molecule has 35 heavy (non-hydrogen) atoms. The van der Waals surface area contributed by atoms with Crippen molar-refractivity contribution in [1.82, 2.24) is 0 Å². The van der Waals surface area contributed by atoms with Crippen LogP contribution in [-0.4, -0.2) is 32.3 Å². The Balaban J connectivity index is 1.45. The number of hydrogen-bond acceptors (Lipinski definition) is 5. The van der Waals surface area contributed by atoms with Gasteiger partial charge in [-0.25, -0.2) is 0 Å². The van der Waals surface area contributed by atoms with Crippen molar-refractivity contribution in [3.63, 3.8) is 0 Å². The summed E-state index contributed by atoms with van der Waals surface area (Å²) in [7, 11) is 0. The maximum Gasteiger partial charge on any atom is 0.268 e. The summed E-state index contributed by atoms with van der Waals surface area (Å²) in [6, 6.07) is 23.1. The second-order valence-corrected chi connectivity index (χ2v) is 8.11. The molecule has 0 aromatic heterocycles. The van der Waals surface area contributed by atoms with Crippen LogP contribution < -0.4 is 19.1 Å². The molecule has 1 heterocycles. The van der Waals surface area contributed by atoms with E-state index in [4.69, 9.17) is 14.2 Å². The second-order valence-electron chi connectivity index (χ2n) is 8.11. The fourth-order valence-corrected chi connectivity index (χ4v) is 4.03. The number of carbonyl (C=O) groups excluding carboxylic acids is 1. The van der Waals surface area contributed by atoms with Crippen molar-refractivity contribution in [2.45, 2.75) is 20.3 Å². The predicted molar refractivity (Wildman–Crippen MR) is 136 cm³/mol. The molecule has 1 amide bonds. The molecule has 0 bridgehead atoms. The fraction of sp³-hybridized carbons (Fsp3) is 0.241. The molecule has 0 saturated carbocycles. The van der Waals surface area contributed by atoms with Crippen molar-refractivity contribution < 1.29 is 19.0 Å². The summed E-state index contributed by atoms with van der Waals surface area (Å²) in [5.74, 6) is 1.66. The van der Waals surface area contributed by atoms with E-state index < -0.39 is 0 Å². The third-order valence-electron chi connectivity index (χ3n) is 5.75. The molecule has 0 unspecified atom stereocenters. The highest BCUT2D eigenvalue weighted by atomic mass is 16.5. The molecule has 4 rings (SSSR count). The molecule has 6 nitrogen and oxygen atoms in total. The number of para-hydroxylation sites is 2. The van der Waals surface area contributed by atoms with Gasteiger partial charge in [-0.15, -0.1) is 0 Å². The molecule has 178 valence electrons. The molecule has 0 saturated heterocycles. The van der Waals surface area contributed by atoms with Gasteiger partial charge in [-0.05, 0) is 67.3 Å². The molecule has 6 heteroatoms. The van der Waals surface area contributed by atoms with E-state index in [0.29, 0.717) is 43.4 Å². The minimum absolute atomic E-state index is 0.0736. The summed E-state index contributed by atoms with van der Waals surface area (Å²) >= 11 is 0. The molecule has 1 aliphatic rings. The van der Waals surface area contributed by atoms with Crippen LogP contribution in [0.1, 0.15) is 23.6 Å². The van der Waals surface area contributed by atoms with Crippen LogP contribution in [0.25, 0.3) is 6.08 Å². The van der Waals surface area contributed by atoms with Gasteiger partial charge in [-0.3, -0.25) is 4.79 Å². The van der Waals surface area contributed by atoms with Crippen LogP contribution in [0, 0.1) is 18.3 Å². The molecule has 0 aliphatic carbocycles. The SMILES string of the molecule is CCOc1cc(C=C(C#N)C(=O)N2CCc3ccccc32)ccc1OCCOc1ccccc1C. The average molecular weight is 469 g/mol. The Labute approximate surface area is 206 Å². The highest BCUT2D eigenvalue weighted by Gasteiger charge is 2.26. The maximum absolute atomic E-state index is 13.1. The van der Waals surface area contributed by atoms with Crippen LogP contribution >= 0.6 is 0 Å². The number of amides is 1. The van der Waals surface area contributed by atoms with Crippen LogP contribution in [0.5, 0.6) is 17.2 Å². The number of aryl methyl sites for hydroxylation is 1. The monoisotopic (exact) mass is 468 g/mol. The number of benzene rings is 3. The first-order chi connectivity index (χ1) is 17.1. The van der Waals surface area contributed by atoms with Crippen molar-refractivity contribution in [3.05, 3.63) is 89.0 Å². The lowest BCUT2D eigenvalue weighted by atomic mass is 10.1. The molecule has 0 atom stereocenters. The Kier molecular flexibility index (Phi) is 7.69. The third-order valence-corrected chi connectivity index (χ3v) is 5.75. The van der Waals surface area contributed by atoms with E-state index in [0.717, 1.165) is 29.0 Å². The lowest BCUT2D eigenvalue weighted by Crippen LogP contribution is -2.29. The Bertz CT molecular complexity index is 1280. The number of anilines is 1. The van der Waals surface area contributed by atoms with Gasteiger partial charge in [0.15, 0.2) is 11.5 Å². The van der Waals surface area contributed by atoms with Gasteiger partial charge < -0.3 is 19.1 Å². The topological polar surface area (TPSA) is 71.8 Å². The first kappa shape index (κ1) is 23.9. The normalized spacial score (nSPS) is 12.6. The van der Waals surface area contributed by atoms with Gasteiger partial charge in [0.2, 0.25) is 0 Å². The summed E-state index contributed by atoms with van der Waals surface area (Å²) in [4.78, 5) is 14.8. The van der Waals surface area contributed by atoms with Crippen molar-refractivity contribution in [1.29, 1.82) is 5.26 Å². The summed E-state index contributed by atoms with van der Waals surface area (Å²) in [5.41, 5.74) is 3.81. The Hall–Kier alpha value is -4.24. The van der Waals surface area contributed by atoms with E-state index in [1.807, 2.05) is 68.4 Å². The van der Waals surface area contributed by atoms with E-state index in [1.165, 1.54) is 0 Å². The number of fused-ring (bicyclic) bond motifs is 1. The molecular weight excluding hydrogens is 440 g/mol. The summed E-state index contributed by atoms with van der Waals surface area (Å²) in [5, 5.41) is 9.71. The highest BCUT2D eigenvalue weighted by molar-refractivity contribution is 6.12. The zero-order chi connectivity index (χ0) is 24.6. The van der Waals surface area contributed by atoms with Gasteiger partial charge in [0, 0.05) is 12.2 Å². The first-order valence-corrected chi connectivity index (χ1v) is 11.7. The number of rotatable bonds is 9. The van der Waals surface area contributed by atoms with Gasteiger partial charge in [-0.2, -0.15) is 5.26 Å². The molecule has 0 N–H and O–H groups in total. The smallest absolute Gasteiger partial charge is 0.268 e. The number of carbonyl (C=O) groups is 1. The van der Waals surface area contributed by atoms with Crippen LogP contribution in [0.4, 0.5) is 5.69 Å². The van der Waals surface area contributed by atoms with Gasteiger partial charge in [0.05, 0.1) is 6.61 Å². The Morgan fingerprint density at radius 2 is 1.71 bits per heavy atom. The minimum atomic E-state index is -0.302. The fourth-order valence-electron chi connectivity index (χ4n) is 4.03. The molecule has 0 fully saturated rings. The quantitative estimate of drug-likeness (QED) is 0.241. The average Bonchev–Trinajstić information content (AvgIpc) is 3.31. The first-order valence-electron chi connectivity index (χ1n) is 11.7. The number of ether oxygens (including phenoxy) is 3. The van der Waals surface area contributed by atoms with Crippen molar-refractivity contribution in [3.8, 4) is 23.3 Å². The standard InChI is InChI=1S/C29H28N2O4/c1-3-33-28-19-22(12-13-27(28)35-17-16-34-26-11-7-4-8-21(26)2)18-24(20-30)29(32)31-15-14-23-9-5-6-10-25(23)31/h4-13,18-19H,3,14-17H2,1-2H3. The predicted octanol–water partition coefficient (Wildman–Crippen LogP) is 5.35. The highest BCUT2D eigenvalue weighted by Crippen LogP contribution is 2.31. The van der Waals surface area contributed by atoms with Gasteiger partial charge in [0.1, 0.15) is 30.6 Å². The number of nitrogens with zero attached hydrogens (tertiary/aromatic N) is 2. The third kappa shape index (κ3) is 5.64. The van der Waals surface area contributed by atoms with E-state index in [-0.39, 0.29) is 11.5 Å². The van der Waals surface area contributed by atoms with E-state index in [9.17, 15) is 10.1 Å². The summed E-state index contributed by atoms with van der Waals surface area (Å²) in [6.07, 6.45) is 2.38. The zero-order valence-electron chi connectivity index (χ0n) is 20.0. The molecule has 0 spiro atoms. The molecule has 3 aromatic carbocycles. The number of hydrogen-bond donors (Lipinski definition) is 0. The van der Waals surface area contributed by atoms with Crippen molar-refractivity contribution in [2.75, 3.05) is 31.3 Å². The largest absolute Gasteiger partial charge is 0.490 e. The van der Waals surface area contributed by atoms with Crippen molar-refractivity contribution in [2.24, 2.45) is 0 Å². The Morgan fingerprint density at radius 1 is 0.971 bits per heavy atom. The lowest BCUT2D eigenvalue weighted by Gasteiger charge is -2.17. The summed E-state index contributed by atoms with van der Waals surface area (Å²) < 4.78 is 17.5. The van der Waals surface area contributed by atoms with Gasteiger partial charge >= 0.3 is 0 Å².